The van der Waals surface area contributed by atoms with Crippen molar-refractivity contribution in [2.75, 3.05) is 13.2 Å². The number of hydrogen-bond donors (Lipinski definition) is 0. The molecule has 12 heavy (non-hydrogen) atoms. The summed E-state index contributed by atoms with van der Waals surface area (Å²) in [5.41, 5.74) is 0. The molecule has 4 heteroatoms. The predicted octanol–water partition coefficient (Wildman–Crippen LogP) is 0.0670. The van der Waals surface area contributed by atoms with E-state index >= 15 is 0 Å². The van der Waals surface area contributed by atoms with Gasteiger partial charge in [0.15, 0.2) is 19.5 Å². The molecule has 0 saturated heterocycles. The lowest BCUT2D eigenvalue weighted by Gasteiger charge is -1.94. The van der Waals surface area contributed by atoms with Crippen LogP contribution in [-0.4, -0.2) is 32.7 Å². The molecule has 0 aromatic heterocycles. The molecular formula is C8H18O2Si2. The van der Waals surface area contributed by atoms with Gasteiger partial charge in [0, 0.05) is 0 Å². The molecule has 0 fully saturated rings. The van der Waals surface area contributed by atoms with E-state index in [0.717, 1.165) is 0 Å². The average Bonchev–Trinajstić information content (AvgIpc) is 2.10. The Balaban J connectivity index is 3.01. The van der Waals surface area contributed by atoms with Crippen molar-refractivity contribution in [3.05, 3.63) is 0 Å². The van der Waals surface area contributed by atoms with E-state index in [1.807, 2.05) is 0 Å². The van der Waals surface area contributed by atoms with Gasteiger partial charge in [0.05, 0.1) is 13.2 Å². The van der Waals surface area contributed by atoms with Crippen LogP contribution in [0, 0.1) is 11.8 Å². The zero-order chi connectivity index (χ0) is 9.07. The highest BCUT2D eigenvalue weighted by atomic mass is 28.2. The highest BCUT2D eigenvalue weighted by Gasteiger charge is 1.81. The van der Waals surface area contributed by atoms with E-state index in [0.29, 0.717) is 13.2 Å². The second-order valence-electron chi connectivity index (χ2n) is 2.46. The zero-order valence-corrected chi connectivity index (χ0v) is 10.9. The van der Waals surface area contributed by atoms with Crippen molar-refractivity contribution in [2.24, 2.45) is 0 Å². The summed E-state index contributed by atoms with van der Waals surface area (Å²) >= 11 is 0. The molecule has 0 heterocycles. The van der Waals surface area contributed by atoms with Gasteiger partial charge in [-0.2, -0.15) is 0 Å². The predicted molar refractivity (Wildman–Crippen MR) is 57.7 cm³/mol. The Morgan fingerprint density at radius 3 is 1.67 bits per heavy atom. The molecule has 0 aromatic rings. The first-order valence-electron chi connectivity index (χ1n) is 4.53. The topological polar surface area (TPSA) is 18.5 Å². The van der Waals surface area contributed by atoms with Crippen LogP contribution < -0.4 is 0 Å². The van der Waals surface area contributed by atoms with Crippen LogP contribution in [0.5, 0.6) is 0 Å². The highest BCUT2D eigenvalue weighted by molar-refractivity contribution is 6.27. The summed E-state index contributed by atoms with van der Waals surface area (Å²) in [6, 6.07) is 2.39. The van der Waals surface area contributed by atoms with Gasteiger partial charge in [-0.05, 0) is 12.1 Å². The third kappa shape index (κ3) is 9.91. The summed E-state index contributed by atoms with van der Waals surface area (Å²) < 4.78 is 10.6. The molecule has 0 unspecified atom stereocenters. The minimum atomic E-state index is -0.257. The molecule has 2 nitrogen and oxygen atoms in total. The van der Waals surface area contributed by atoms with Gasteiger partial charge >= 0.3 is 0 Å². The van der Waals surface area contributed by atoms with Crippen molar-refractivity contribution in [2.45, 2.75) is 25.9 Å². The van der Waals surface area contributed by atoms with Crippen molar-refractivity contribution in [3.8, 4) is 11.8 Å². The Labute approximate surface area is 79.9 Å². The van der Waals surface area contributed by atoms with Gasteiger partial charge in [-0.25, -0.2) is 0 Å². The normalized spacial score (nSPS) is 11.2. The van der Waals surface area contributed by atoms with E-state index in [1.54, 1.807) is 0 Å². The van der Waals surface area contributed by atoms with E-state index in [9.17, 15) is 0 Å². The molecule has 70 valence electrons. The fourth-order valence-corrected chi connectivity index (χ4v) is 1.71. The van der Waals surface area contributed by atoms with Gasteiger partial charge in [-0.15, -0.1) is 0 Å². The monoisotopic (exact) mass is 202 g/mol. The largest absolute Gasteiger partial charge is 0.413 e. The third-order valence-corrected chi connectivity index (χ3v) is 2.97. The van der Waals surface area contributed by atoms with Gasteiger partial charge in [-0.3, -0.25) is 0 Å². The zero-order valence-electron chi connectivity index (χ0n) is 8.06. The maximum atomic E-state index is 5.31. The number of rotatable bonds is 6. The molecule has 0 aliphatic carbocycles. The third-order valence-electron chi connectivity index (χ3n) is 1.17. The van der Waals surface area contributed by atoms with E-state index in [4.69, 9.17) is 8.85 Å². The van der Waals surface area contributed by atoms with Crippen LogP contribution in [0.2, 0.25) is 12.1 Å². The van der Waals surface area contributed by atoms with Crippen LogP contribution in [0.4, 0.5) is 0 Å². The maximum absolute atomic E-state index is 5.31. The van der Waals surface area contributed by atoms with Crippen LogP contribution in [0.1, 0.15) is 13.8 Å². The van der Waals surface area contributed by atoms with Gasteiger partial charge in [0.2, 0.25) is 0 Å². The summed E-state index contributed by atoms with van der Waals surface area (Å²) in [6.07, 6.45) is 0. The van der Waals surface area contributed by atoms with Gasteiger partial charge in [0.1, 0.15) is 0 Å². The molecule has 0 aliphatic heterocycles. The lowest BCUT2D eigenvalue weighted by Crippen LogP contribution is -1.98. The van der Waals surface area contributed by atoms with Gasteiger partial charge in [-0.1, -0.05) is 25.7 Å². The van der Waals surface area contributed by atoms with Crippen LogP contribution in [-0.2, 0) is 8.85 Å². The van der Waals surface area contributed by atoms with Crippen LogP contribution in [0.25, 0.3) is 0 Å². The molecular weight excluding hydrogens is 184 g/mol. The summed E-state index contributed by atoms with van der Waals surface area (Å²) in [6.45, 7) is 5.51. The van der Waals surface area contributed by atoms with Crippen molar-refractivity contribution >= 4 is 19.5 Å². The first-order valence-corrected chi connectivity index (χ1v) is 7.68. The summed E-state index contributed by atoms with van der Waals surface area (Å²) in [5, 5.41) is 0. The molecule has 0 rings (SSSR count). The van der Waals surface area contributed by atoms with E-state index in [2.05, 4.69) is 25.7 Å². The summed E-state index contributed by atoms with van der Waals surface area (Å²) in [5.74, 6) is 5.88. The quantitative estimate of drug-likeness (QED) is 0.345. The Morgan fingerprint density at radius 1 is 0.917 bits per heavy atom. The molecule has 0 spiro atoms. The van der Waals surface area contributed by atoms with Crippen molar-refractivity contribution in [1.29, 1.82) is 0 Å². The van der Waals surface area contributed by atoms with Gasteiger partial charge < -0.3 is 8.85 Å². The van der Waals surface area contributed by atoms with E-state index in [-0.39, 0.29) is 19.5 Å². The molecule has 0 aliphatic rings. The van der Waals surface area contributed by atoms with Crippen molar-refractivity contribution in [1.82, 2.24) is 0 Å². The molecule has 0 bridgehead atoms. The van der Waals surface area contributed by atoms with Crippen molar-refractivity contribution < 1.29 is 8.85 Å². The second-order valence-corrected chi connectivity index (χ2v) is 6.09. The second kappa shape index (κ2) is 10.9. The van der Waals surface area contributed by atoms with Crippen molar-refractivity contribution in [3.63, 3.8) is 0 Å². The Morgan fingerprint density at radius 2 is 1.33 bits per heavy atom. The lowest BCUT2D eigenvalue weighted by atomic mass is 10.6. The molecule has 0 saturated carbocycles. The standard InChI is InChI=1S/C8H18O2Si2/c1-3-11-9-7-5-6-8-10-12-4-2/h3-4,7-8,11-12H2,1-2H3. The van der Waals surface area contributed by atoms with Crippen LogP contribution in [0.15, 0.2) is 0 Å². The Kier molecular flexibility index (Phi) is 10.8. The van der Waals surface area contributed by atoms with E-state index in [1.165, 1.54) is 12.1 Å². The highest BCUT2D eigenvalue weighted by Crippen LogP contribution is 1.77. The minimum Gasteiger partial charge on any atom is -0.413 e. The first kappa shape index (κ1) is 11.9. The van der Waals surface area contributed by atoms with E-state index < -0.39 is 0 Å². The summed E-state index contributed by atoms with van der Waals surface area (Å²) in [7, 11) is -0.514. The fraction of sp³-hybridized carbons (Fsp3) is 0.750. The Bertz CT molecular complexity index is 126. The van der Waals surface area contributed by atoms with Gasteiger partial charge in [0.25, 0.3) is 0 Å². The average molecular weight is 202 g/mol. The fourth-order valence-electron chi connectivity index (χ4n) is 0.637. The van der Waals surface area contributed by atoms with Crippen LogP contribution in [0.3, 0.4) is 0 Å². The van der Waals surface area contributed by atoms with Crippen LogP contribution >= 0.6 is 0 Å². The summed E-state index contributed by atoms with van der Waals surface area (Å²) in [4.78, 5) is 0. The lowest BCUT2D eigenvalue weighted by molar-refractivity contribution is 0.385. The first-order chi connectivity index (χ1) is 5.91. The molecule has 0 aromatic carbocycles. The molecule has 0 atom stereocenters. The molecule has 0 amide bonds. The smallest absolute Gasteiger partial charge is 0.162 e. The molecule has 0 N–H and O–H groups in total. The SMILES string of the molecule is CC[SiH2]OCC#CCO[SiH2]CC. The number of hydrogen-bond acceptors (Lipinski definition) is 2. The Hall–Kier alpha value is -0.0862. The minimum absolute atomic E-state index is 0.257. The maximum Gasteiger partial charge on any atom is 0.162 e. The molecule has 0 radical (unpaired) electrons.